The van der Waals surface area contributed by atoms with Crippen LogP contribution in [0.4, 0.5) is 4.39 Å². The number of hydrogen-bond donors (Lipinski definition) is 0. The first kappa shape index (κ1) is 18.3. The van der Waals surface area contributed by atoms with Crippen LogP contribution in [0.5, 0.6) is 11.5 Å². The van der Waals surface area contributed by atoms with Crippen LogP contribution >= 0.6 is 11.8 Å². The summed E-state index contributed by atoms with van der Waals surface area (Å²) in [7, 11) is 3.52. The van der Waals surface area contributed by atoms with Crippen LogP contribution in [0, 0.1) is 12.7 Å². The highest BCUT2D eigenvalue weighted by atomic mass is 32.2. The third kappa shape index (κ3) is 4.35. The van der Waals surface area contributed by atoms with Crippen LogP contribution in [0.1, 0.15) is 17.0 Å². The van der Waals surface area contributed by atoms with Gasteiger partial charge in [-0.3, -0.25) is 0 Å². The maximum atomic E-state index is 13.0. The Morgan fingerprint density at radius 1 is 1.08 bits per heavy atom. The quantitative estimate of drug-likeness (QED) is 0.583. The second-order valence-corrected chi connectivity index (χ2v) is 6.76. The molecule has 0 unspecified atom stereocenters. The van der Waals surface area contributed by atoms with Crippen LogP contribution in [0.15, 0.2) is 47.6 Å². The fourth-order valence-corrected chi connectivity index (χ4v) is 3.25. The molecule has 0 aliphatic carbocycles. The average Bonchev–Trinajstić information content (AvgIpc) is 3.00. The van der Waals surface area contributed by atoms with Crippen molar-refractivity contribution in [2.45, 2.75) is 24.4 Å². The third-order valence-electron chi connectivity index (χ3n) is 3.88. The van der Waals surface area contributed by atoms with Crippen molar-refractivity contribution in [2.24, 2.45) is 7.05 Å². The van der Waals surface area contributed by atoms with E-state index in [9.17, 15) is 4.39 Å². The van der Waals surface area contributed by atoms with Crippen molar-refractivity contribution in [3.63, 3.8) is 0 Å². The first-order valence-corrected chi connectivity index (χ1v) is 9.08. The lowest BCUT2D eigenvalue weighted by Gasteiger charge is -2.11. The van der Waals surface area contributed by atoms with E-state index in [4.69, 9.17) is 9.47 Å². The van der Waals surface area contributed by atoms with Gasteiger partial charge in [0.2, 0.25) is 0 Å². The molecule has 3 aromatic rings. The zero-order chi connectivity index (χ0) is 18.5. The van der Waals surface area contributed by atoms with Gasteiger partial charge in [0.05, 0.1) is 7.11 Å². The van der Waals surface area contributed by atoms with Crippen LogP contribution in [0.25, 0.3) is 0 Å². The van der Waals surface area contributed by atoms with Crippen molar-refractivity contribution < 1.29 is 13.9 Å². The lowest BCUT2D eigenvalue weighted by Crippen LogP contribution is -2.05. The van der Waals surface area contributed by atoms with E-state index in [1.54, 1.807) is 31.0 Å². The molecular weight excluding hydrogens is 353 g/mol. The van der Waals surface area contributed by atoms with Crippen molar-refractivity contribution in [3.8, 4) is 11.5 Å². The number of nitrogens with zero attached hydrogens (tertiary/aromatic N) is 3. The number of aryl methyl sites for hydroxylation is 1. The summed E-state index contributed by atoms with van der Waals surface area (Å²) in [5.41, 5.74) is 2.13. The number of halogens is 1. The van der Waals surface area contributed by atoms with E-state index in [0.717, 1.165) is 16.3 Å². The minimum atomic E-state index is -0.233. The Morgan fingerprint density at radius 3 is 2.58 bits per heavy atom. The molecule has 0 saturated carbocycles. The van der Waals surface area contributed by atoms with Crippen molar-refractivity contribution in [1.29, 1.82) is 0 Å². The Balaban J connectivity index is 1.63. The van der Waals surface area contributed by atoms with Crippen LogP contribution in [0.2, 0.25) is 0 Å². The predicted octanol–water partition coefficient (Wildman–Crippen LogP) is 4.14. The Kier molecular flexibility index (Phi) is 5.78. The smallest absolute Gasteiger partial charge is 0.191 e. The SMILES string of the molecule is COc1cc(C)ccc1OCc1nnc(SCc2ccc(F)cc2)n1C. The average molecular weight is 373 g/mol. The molecule has 0 radical (unpaired) electrons. The molecule has 0 aliphatic rings. The maximum absolute atomic E-state index is 13.0. The molecule has 0 aliphatic heterocycles. The molecule has 26 heavy (non-hydrogen) atoms. The Morgan fingerprint density at radius 2 is 1.85 bits per heavy atom. The van der Waals surface area contributed by atoms with E-state index >= 15 is 0 Å². The standard InChI is InChI=1S/C19H20FN3O2S/c1-13-4-9-16(17(10-13)24-3)25-11-18-21-22-19(23(18)2)26-12-14-5-7-15(20)8-6-14/h4-10H,11-12H2,1-3H3. The first-order chi connectivity index (χ1) is 12.6. The molecule has 7 heteroatoms. The fraction of sp³-hybridized carbons (Fsp3) is 0.263. The monoisotopic (exact) mass is 373 g/mol. The van der Waals surface area contributed by atoms with Crippen LogP contribution in [-0.4, -0.2) is 21.9 Å². The van der Waals surface area contributed by atoms with Gasteiger partial charge in [0.1, 0.15) is 12.4 Å². The summed E-state index contributed by atoms with van der Waals surface area (Å²) in [6, 6.07) is 12.2. The second-order valence-electron chi connectivity index (χ2n) is 5.82. The summed E-state index contributed by atoms with van der Waals surface area (Å²) < 4.78 is 26.0. The van der Waals surface area contributed by atoms with Crippen molar-refractivity contribution >= 4 is 11.8 Å². The van der Waals surface area contributed by atoms with E-state index in [2.05, 4.69) is 10.2 Å². The van der Waals surface area contributed by atoms with Crippen LogP contribution in [-0.2, 0) is 19.4 Å². The largest absolute Gasteiger partial charge is 0.493 e. The minimum Gasteiger partial charge on any atom is -0.493 e. The van der Waals surface area contributed by atoms with Gasteiger partial charge in [-0.2, -0.15) is 0 Å². The van der Waals surface area contributed by atoms with E-state index in [0.29, 0.717) is 29.7 Å². The number of ether oxygens (including phenoxy) is 2. The topological polar surface area (TPSA) is 49.2 Å². The highest BCUT2D eigenvalue weighted by Gasteiger charge is 2.12. The summed E-state index contributed by atoms with van der Waals surface area (Å²) in [5, 5.41) is 9.19. The van der Waals surface area contributed by atoms with Gasteiger partial charge in [0, 0.05) is 12.8 Å². The van der Waals surface area contributed by atoms with Gasteiger partial charge in [-0.25, -0.2) is 4.39 Å². The van der Waals surface area contributed by atoms with Gasteiger partial charge in [-0.1, -0.05) is 30.0 Å². The molecule has 0 spiro atoms. The molecule has 0 fully saturated rings. The van der Waals surface area contributed by atoms with Crippen LogP contribution < -0.4 is 9.47 Å². The normalized spacial score (nSPS) is 10.8. The molecular formula is C19H20FN3O2S. The Hall–Kier alpha value is -2.54. The Labute approximate surface area is 156 Å². The van der Waals surface area contributed by atoms with Gasteiger partial charge >= 0.3 is 0 Å². The van der Waals surface area contributed by atoms with Gasteiger partial charge < -0.3 is 14.0 Å². The molecule has 0 N–H and O–H groups in total. The summed E-state index contributed by atoms with van der Waals surface area (Å²) in [6.45, 7) is 2.29. The van der Waals surface area contributed by atoms with E-state index in [1.807, 2.05) is 36.7 Å². The van der Waals surface area contributed by atoms with Crippen molar-refractivity contribution in [2.75, 3.05) is 7.11 Å². The summed E-state index contributed by atoms with van der Waals surface area (Å²) in [5.74, 6) is 2.54. The highest BCUT2D eigenvalue weighted by Crippen LogP contribution is 2.28. The van der Waals surface area contributed by atoms with Gasteiger partial charge in [-0.15, -0.1) is 10.2 Å². The summed E-state index contributed by atoms with van der Waals surface area (Å²) in [6.07, 6.45) is 0. The van der Waals surface area contributed by atoms with E-state index in [-0.39, 0.29) is 5.82 Å². The second kappa shape index (κ2) is 8.23. The number of methoxy groups -OCH3 is 1. The number of thioether (sulfide) groups is 1. The summed E-state index contributed by atoms with van der Waals surface area (Å²) >= 11 is 1.54. The molecule has 1 heterocycles. The predicted molar refractivity (Wildman–Crippen MR) is 99.0 cm³/mol. The molecule has 136 valence electrons. The Bertz CT molecular complexity index is 881. The number of rotatable bonds is 7. The summed E-state index contributed by atoms with van der Waals surface area (Å²) in [4.78, 5) is 0. The lowest BCUT2D eigenvalue weighted by molar-refractivity contribution is 0.272. The van der Waals surface area contributed by atoms with E-state index in [1.165, 1.54) is 12.1 Å². The lowest BCUT2D eigenvalue weighted by atomic mass is 10.2. The molecule has 0 amide bonds. The molecule has 0 atom stereocenters. The third-order valence-corrected chi connectivity index (χ3v) is 4.97. The molecule has 0 bridgehead atoms. The molecule has 2 aromatic carbocycles. The van der Waals surface area contributed by atoms with Crippen molar-refractivity contribution in [1.82, 2.24) is 14.8 Å². The minimum absolute atomic E-state index is 0.233. The van der Waals surface area contributed by atoms with E-state index < -0.39 is 0 Å². The molecule has 1 aromatic heterocycles. The fourth-order valence-electron chi connectivity index (χ4n) is 2.36. The van der Waals surface area contributed by atoms with Crippen molar-refractivity contribution in [3.05, 3.63) is 65.2 Å². The van der Waals surface area contributed by atoms with Gasteiger partial charge in [0.25, 0.3) is 0 Å². The highest BCUT2D eigenvalue weighted by molar-refractivity contribution is 7.98. The molecule has 3 rings (SSSR count). The number of hydrogen-bond acceptors (Lipinski definition) is 5. The first-order valence-electron chi connectivity index (χ1n) is 8.10. The van der Waals surface area contributed by atoms with Gasteiger partial charge in [-0.05, 0) is 42.3 Å². The maximum Gasteiger partial charge on any atom is 0.191 e. The zero-order valence-corrected chi connectivity index (χ0v) is 15.7. The number of aromatic nitrogens is 3. The van der Waals surface area contributed by atoms with Gasteiger partial charge in [0.15, 0.2) is 22.5 Å². The molecule has 0 saturated heterocycles. The number of benzene rings is 2. The molecule has 5 nitrogen and oxygen atoms in total. The van der Waals surface area contributed by atoms with Crippen LogP contribution in [0.3, 0.4) is 0 Å². The zero-order valence-electron chi connectivity index (χ0n) is 14.9.